The van der Waals surface area contributed by atoms with Crippen LogP contribution in [-0.2, 0) is 0 Å². The molecule has 0 aliphatic heterocycles. The summed E-state index contributed by atoms with van der Waals surface area (Å²) < 4.78 is 9.24. The molecule has 49 heavy (non-hydrogen) atoms. The van der Waals surface area contributed by atoms with Gasteiger partial charge in [0.1, 0.15) is 5.58 Å². The van der Waals surface area contributed by atoms with Crippen molar-refractivity contribution in [2.45, 2.75) is 0 Å². The summed E-state index contributed by atoms with van der Waals surface area (Å²) in [7, 11) is 0. The van der Waals surface area contributed by atoms with Crippen LogP contribution in [0.25, 0.3) is 75.1 Å². The van der Waals surface area contributed by atoms with Gasteiger partial charge in [-0.1, -0.05) is 133 Å². The highest BCUT2D eigenvalue weighted by Gasteiger charge is 2.20. The average Bonchev–Trinajstić information content (AvgIpc) is 3.75. The van der Waals surface area contributed by atoms with Gasteiger partial charge in [-0.05, 0) is 70.1 Å². The molecular weight excluding hydrogens is 615 g/mol. The van der Waals surface area contributed by atoms with Gasteiger partial charge in [-0.2, -0.15) is 0 Å². The fourth-order valence-electron chi connectivity index (χ4n) is 7.35. The summed E-state index contributed by atoms with van der Waals surface area (Å²) in [6, 6.07) is 63.0. The van der Waals surface area contributed by atoms with Crippen LogP contribution in [0.1, 0.15) is 0 Å². The molecule has 230 valence electrons. The molecule has 0 atom stereocenters. The van der Waals surface area contributed by atoms with E-state index in [0.29, 0.717) is 0 Å². The number of fused-ring (bicyclic) bond motifs is 8. The molecule has 0 bridgehead atoms. The van der Waals surface area contributed by atoms with Gasteiger partial charge < -0.3 is 9.32 Å². The van der Waals surface area contributed by atoms with E-state index in [-0.39, 0.29) is 0 Å². The zero-order valence-electron chi connectivity index (χ0n) is 26.5. The van der Waals surface area contributed by atoms with E-state index in [1.807, 2.05) is 23.5 Å². The first kappa shape index (κ1) is 27.9. The van der Waals surface area contributed by atoms with Gasteiger partial charge in [0, 0.05) is 47.7 Å². The van der Waals surface area contributed by atoms with E-state index < -0.39 is 0 Å². The van der Waals surface area contributed by atoms with Gasteiger partial charge in [0.2, 0.25) is 0 Å². The maximum atomic E-state index is 6.56. The van der Waals surface area contributed by atoms with Crippen molar-refractivity contribution in [3.05, 3.63) is 176 Å². The van der Waals surface area contributed by atoms with Crippen molar-refractivity contribution in [3.63, 3.8) is 0 Å². The van der Waals surface area contributed by atoms with Crippen molar-refractivity contribution in [2.24, 2.45) is 0 Å². The Hall–Kier alpha value is -6.16. The van der Waals surface area contributed by atoms with Crippen LogP contribution in [0, 0.1) is 0 Å². The van der Waals surface area contributed by atoms with Gasteiger partial charge in [-0.25, -0.2) is 0 Å². The molecule has 0 aliphatic rings. The van der Waals surface area contributed by atoms with E-state index in [0.717, 1.165) is 39.0 Å². The third-order valence-electron chi connectivity index (χ3n) is 9.69. The molecule has 3 heteroatoms. The second-order valence-electron chi connectivity index (χ2n) is 12.5. The van der Waals surface area contributed by atoms with Crippen LogP contribution in [0.15, 0.2) is 180 Å². The maximum Gasteiger partial charge on any atom is 0.159 e. The van der Waals surface area contributed by atoms with Crippen LogP contribution in [-0.4, -0.2) is 0 Å². The Morgan fingerprint density at radius 1 is 0.388 bits per heavy atom. The number of para-hydroxylation sites is 2. The summed E-state index contributed by atoms with van der Waals surface area (Å²) >= 11 is 1.88. The van der Waals surface area contributed by atoms with Crippen LogP contribution in [0.4, 0.5) is 17.1 Å². The van der Waals surface area contributed by atoms with Crippen LogP contribution >= 0.6 is 11.3 Å². The predicted molar refractivity (Wildman–Crippen MR) is 210 cm³/mol. The van der Waals surface area contributed by atoms with E-state index in [1.54, 1.807) is 0 Å². The quantitative estimate of drug-likeness (QED) is 0.186. The highest BCUT2D eigenvalue weighted by atomic mass is 32.1. The molecule has 0 saturated heterocycles. The normalized spacial score (nSPS) is 11.7. The Kier molecular flexibility index (Phi) is 6.39. The largest absolute Gasteiger partial charge is 0.454 e. The van der Waals surface area contributed by atoms with Crippen LogP contribution < -0.4 is 4.90 Å². The fourth-order valence-corrected chi connectivity index (χ4v) is 8.58. The summed E-state index contributed by atoms with van der Waals surface area (Å²) in [5, 5.41) is 7.47. The molecule has 2 nitrogen and oxygen atoms in total. The lowest BCUT2D eigenvalue weighted by molar-refractivity contribution is 0.669. The summed E-state index contributed by atoms with van der Waals surface area (Å²) in [4.78, 5) is 2.31. The number of rotatable bonds is 5. The fraction of sp³-hybridized carbons (Fsp3) is 0. The first-order valence-corrected chi connectivity index (χ1v) is 17.4. The summed E-state index contributed by atoms with van der Waals surface area (Å²) in [6.45, 7) is 0. The number of thiophene rings is 1. The monoisotopic (exact) mass is 643 g/mol. The first-order valence-electron chi connectivity index (χ1n) is 16.6. The third kappa shape index (κ3) is 4.55. The van der Waals surface area contributed by atoms with Gasteiger partial charge in [-0.3, -0.25) is 0 Å². The number of nitrogens with zero attached hydrogens (tertiary/aromatic N) is 1. The standard InChI is InChI=1S/C46H29NOS/c1-2-10-30(11-3-1)31-20-24-33(25-21-31)47(42-17-9-15-39-37-12-4-6-18-43(37)48-45(39)42)34-26-22-32(23-27-34)35-14-8-16-40-36(35)28-29-41-38-13-5-7-19-44(38)49-46(40)41/h1-29H. The lowest BCUT2D eigenvalue weighted by Crippen LogP contribution is -2.10. The van der Waals surface area contributed by atoms with Crippen molar-refractivity contribution in [1.82, 2.24) is 0 Å². The second kappa shape index (κ2) is 11.2. The molecule has 2 heterocycles. The lowest BCUT2D eigenvalue weighted by atomic mass is 9.96. The van der Waals surface area contributed by atoms with Gasteiger partial charge in [0.15, 0.2) is 5.58 Å². The number of anilines is 3. The molecule has 0 fully saturated rings. The second-order valence-corrected chi connectivity index (χ2v) is 13.5. The number of furan rings is 1. The van der Waals surface area contributed by atoms with Crippen molar-refractivity contribution < 1.29 is 4.42 Å². The Labute approximate surface area is 287 Å². The summed E-state index contributed by atoms with van der Waals surface area (Å²) in [5.74, 6) is 0. The molecule has 0 spiro atoms. The molecule has 0 N–H and O–H groups in total. The zero-order chi connectivity index (χ0) is 32.3. The SMILES string of the molecule is c1ccc(-c2ccc(N(c3ccc(-c4cccc5c4ccc4c6ccccc6sc54)cc3)c3cccc4c3oc3ccccc34)cc2)cc1. The Bertz CT molecular complexity index is 2810. The maximum absolute atomic E-state index is 6.56. The van der Waals surface area contributed by atoms with E-state index in [1.165, 1.54) is 53.2 Å². The molecule has 0 aliphatic carbocycles. The molecule has 8 aromatic carbocycles. The lowest BCUT2D eigenvalue weighted by Gasteiger charge is -2.26. The molecule has 10 rings (SSSR count). The molecule has 0 unspecified atom stereocenters. The van der Waals surface area contributed by atoms with E-state index in [9.17, 15) is 0 Å². The number of benzene rings is 8. The molecule has 2 aromatic heterocycles. The molecule has 0 radical (unpaired) electrons. The molecule has 10 aromatic rings. The highest BCUT2D eigenvalue weighted by molar-refractivity contribution is 7.26. The van der Waals surface area contributed by atoms with Crippen LogP contribution in [0.2, 0.25) is 0 Å². The number of hydrogen-bond acceptors (Lipinski definition) is 3. The van der Waals surface area contributed by atoms with Gasteiger partial charge in [-0.15, -0.1) is 11.3 Å². The Morgan fingerprint density at radius 2 is 0.980 bits per heavy atom. The van der Waals surface area contributed by atoms with Crippen LogP contribution in [0.5, 0.6) is 0 Å². The molecule has 0 saturated carbocycles. The van der Waals surface area contributed by atoms with E-state index in [4.69, 9.17) is 4.42 Å². The van der Waals surface area contributed by atoms with Gasteiger partial charge in [0.25, 0.3) is 0 Å². The summed E-state index contributed by atoms with van der Waals surface area (Å²) in [6.07, 6.45) is 0. The average molecular weight is 644 g/mol. The predicted octanol–water partition coefficient (Wildman–Crippen LogP) is 13.9. The minimum atomic E-state index is 0.876. The van der Waals surface area contributed by atoms with Crippen molar-refractivity contribution >= 4 is 81.3 Å². The Balaban J connectivity index is 1.11. The smallest absolute Gasteiger partial charge is 0.159 e. The van der Waals surface area contributed by atoms with Gasteiger partial charge in [0.05, 0.1) is 5.69 Å². The number of hydrogen-bond donors (Lipinski definition) is 0. The highest BCUT2D eigenvalue weighted by Crippen LogP contribution is 2.44. The van der Waals surface area contributed by atoms with Crippen molar-refractivity contribution in [1.29, 1.82) is 0 Å². The minimum Gasteiger partial charge on any atom is -0.454 e. The van der Waals surface area contributed by atoms with Gasteiger partial charge >= 0.3 is 0 Å². The van der Waals surface area contributed by atoms with Crippen molar-refractivity contribution in [2.75, 3.05) is 4.90 Å². The van der Waals surface area contributed by atoms with Crippen molar-refractivity contribution in [3.8, 4) is 22.3 Å². The topological polar surface area (TPSA) is 16.4 Å². The summed E-state index contributed by atoms with van der Waals surface area (Å²) in [5.41, 5.74) is 9.72. The third-order valence-corrected chi connectivity index (χ3v) is 10.9. The van der Waals surface area contributed by atoms with Crippen LogP contribution in [0.3, 0.4) is 0 Å². The first-order chi connectivity index (χ1) is 24.3. The van der Waals surface area contributed by atoms with E-state index >= 15 is 0 Å². The van der Waals surface area contributed by atoms with E-state index in [2.05, 4.69) is 169 Å². The Morgan fingerprint density at radius 3 is 1.80 bits per heavy atom. The minimum absolute atomic E-state index is 0.876. The molecular formula is C46H29NOS. The molecule has 0 amide bonds. The zero-order valence-corrected chi connectivity index (χ0v) is 27.3.